The number of piperidine rings is 1. The minimum absolute atomic E-state index is 0.104. The molecule has 2 heterocycles. The molecule has 3 nitrogen and oxygen atoms in total. The van der Waals surface area contributed by atoms with Crippen molar-refractivity contribution < 1.29 is 9.53 Å². The lowest BCUT2D eigenvalue weighted by Crippen LogP contribution is -2.60. The van der Waals surface area contributed by atoms with Gasteiger partial charge >= 0.3 is 0 Å². The van der Waals surface area contributed by atoms with E-state index < -0.39 is 11.6 Å². The molecule has 0 bridgehead atoms. The summed E-state index contributed by atoms with van der Waals surface area (Å²) in [6, 6.07) is 13.3. The normalized spacial score (nSPS) is 26.3. The van der Waals surface area contributed by atoms with Crippen molar-refractivity contribution in [2.75, 3.05) is 13.1 Å². The van der Waals surface area contributed by atoms with E-state index in [9.17, 15) is 4.79 Å². The second kappa shape index (κ2) is 6.99. The van der Waals surface area contributed by atoms with Gasteiger partial charge in [-0.2, -0.15) is 0 Å². The van der Waals surface area contributed by atoms with Gasteiger partial charge in [0.1, 0.15) is 11.3 Å². The molecule has 2 atom stereocenters. The van der Waals surface area contributed by atoms with E-state index in [1.54, 1.807) is 0 Å². The maximum atomic E-state index is 13.7. The first-order chi connectivity index (χ1) is 12.5. The summed E-state index contributed by atoms with van der Waals surface area (Å²) in [5.74, 6) is 0.726. The van der Waals surface area contributed by atoms with Crippen LogP contribution in [0.1, 0.15) is 48.2 Å². The molecule has 136 valence electrons. The fourth-order valence-electron chi connectivity index (χ4n) is 4.14. The Morgan fingerprint density at radius 2 is 1.88 bits per heavy atom. The molecule has 2 aliphatic heterocycles. The summed E-state index contributed by atoms with van der Waals surface area (Å²) in [7, 11) is 0. The van der Waals surface area contributed by atoms with Crippen molar-refractivity contribution in [1.82, 2.24) is 4.90 Å². The summed E-state index contributed by atoms with van der Waals surface area (Å²) in [4.78, 5) is 16.0. The number of fused-ring (bicyclic) bond motifs is 1. The van der Waals surface area contributed by atoms with Crippen LogP contribution in [0.15, 0.2) is 46.9 Å². The number of rotatable bonds is 2. The molecular weight excluding hydrogens is 414 g/mol. The van der Waals surface area contributed by atoms with E-state index in [1.807, 2.05) is 49.4 Å². The number of ether oxygens (including phenoxy) is 1. The first kappa shape index (κ1) is 18.0. The third-order valence-corrected chi connectivity index (χ3v) is 6.44. The molecule has 0 N–H and O–H groups in total. The smallest absolute Gasteiger partial charge is 0.190 e. The third kappa shape index (κ3) is 2.88. The summed E-state index contributed by atoms with van der Waals surface area (Å²) in [5.41, 5.74) is 0.721. The molecule has 0 saturated carbocycles. The summed E-state index contributed by atoms with van der Waals surface area (Å²) < 4.78 is 7.31. The average Bonchev–Trinajstić information content (AvgIpc) is 2.66. The average molecular weight is 435 g/mol. The van der Waals surface area contributed by atoms with Crippen LogP contribution in [0.2, 0.25) is 5.02 Å². The first-order valence-corrected chi connectivity index (χ1v) is 10.2. The van der Waals surface area contributed by atoms with Gasteiger partial charge in [0.25, 0.3) is 0 Å². The summed E-state index contributed by atoms with van der Waals surface area (Å²) >= 11 is 9.99. The molecule has 2 aliphatic rings. The van der Waals surface area contributed by atoms with Gasteiger partial charge in [0.15, 0.2) is 11.9 Å². The Hall–Kier alpha value is -1.36. The number of nitrogens with zero attached hydrogens (tertiary/aromatic N) is 1. The highest BCUT2D eigenvalue weighted by Gasteiger charge is 2.53. The number of benzene rings is 2. The monoisotopic (exact) mass is 433 g/mol. The fraction of sp³-hybridized carbons (Fsp3) is 0.381. The van der Waals surface area contributed by atoms with Gasteiger partial charge in [0.2, 0.25) is 0 Å². The number of halogens is 2. The molecule has 0 radical (unpaired) electrons. The number of likely N-dealkylation sites (tertiary alicyclic amines) is 1. The van der Waals surface area contributed by atoms with Crippen molar-refractivity contribution in [3.05, 3.63) is 63.1 Å². The molecule has 0 amide bonds. The predicted octanol–water partition coefficient (Wildman–Crippen LogP) is 5.66. The maximum absolute atomic E-state index is 13.7. The molecule has 0 unspecified atom stereocenters. The Kier molecular flexibility index (Phi) is 4.84. The third-order valence-electron chi connectivity index (χ3n) is 5.60. The van der Waals surface area contributed by atoms with E-state index in [1.165, 1.54) is 6.42 Å². The second-order valence-electron chi connectivity index (χ2n) is 7.18. The Labute approximate surface area is 167 Å². The van der Waals surface area contributed by atoms with Gasteiger partial charge in [0, 0.05) is 15.1 Å². The van der Waals surface area contributed by atoms with E-state index in [-0.39, 0.29) is 5.78 Å². The van der Waals surface area contributed by atoms with Crippen LogP contribution in [-0.4, -0.2) is 29.3 Å². The lowest BCUT2D eigenvalue weighted by Gasteiger charge is -2.49. The molecule has 0 spiro atoms. The van der Waals surface area contributed by atoms with E-state index in [0.717, 1.165) is 36.0 Å². The number of carbonyl (C=O) groups is 1. The minimum atomic E-state index is -0.779. The van der Waals surface area contributed by atoms with Crippen molar-refractivity contribution in [2.24, 2.45) is 0 Å². The molecular formula is C21H21BrClNO2. The SMILES string of the molecule is C[C@]1(N2CCCCC2)C(=O)c2cc(Br)ccc2O[C@@H]1c1ccccc1Cl. The number of hydrogen-bond acceptors (Lipinski definition) is 3. The van der Waals surface area contributed by atoms with Crippen LogP contribution in [0.3, 0.4) is 0 Å². The minimum Gasteiger partial charge on any atom is -0.482 e. The fourth-order valence-corrected chi connectivity index (χ4v) is 4.73. The number of Topliss-reactive ketones (excluding diaryl/α,β-unsaturated/α-hetero) is 1. The van der Waals surface area contributed by atoms with E-state index >= 15 is 0 Å². The highest BCUT2D eigenvalue weighted by Crippen LogP contribution is 2.47. The Balaban J connectivity index is 1.88. The van der Waals surface area contributed by atoms with Gasteiger partial charge in [-0.05, 0) is 57.1 Å². The van der Waals surface area contributed by atoms with Crippen molar-refractivity contribution in [2.45, 2.75) is 37.8 Å². The van der Waals surface area contributed by atoms with Crippen LogP contribution in [0, 0.1) is 0 Å². The standard InChI is InChI=1S/C21H21BrClNO2/c1-21(24-11-5-2-6-12-24)19(25)16-13-14(22)9-10-18(16)26-20(21)15-7-3-4-8-17(15)23/h3-4,7-10,13,20H,2,5-6,11-12H2,1H3/t20-,21+/m1/s1. The molecule has 2 aromatic carbocycles. The van der Waals surface area contributed by atoms with Gasteiger partial charge in [-0.25, -0.2) is 0 Å². The van der Waals surface area contributed by atoms with Crippen LogP contribution in [0.5, 0.6) is 5.75 Å². The van der Waals surface area contributed by atoms with Gasteiger partial charge in [-0.1, -0.05) is 52.2 Å². The van der Waals surface area contributed by atoms with Crippen LogP contribution < -0.4 is 4.74 Å². The van der Waals surface area contributed by atoms with Crippen molar-refractivity contribution in [3.8, 4) is 5.75 Å². The Bertz CT molecular complexity index is 850. The highest BCUT2D eigenvalue weighted by molar-refractivity contribution is 9.10. The van der Waals surface area contributed by atoms with Gasteiger partial charge < -0.3 is 4.74 Å². The van der Waals surface area contributed by atoms with Crippen molar-refractivity contribution in [3.63, 3.8) is 0 Å². The summed E-state index contributed by atoms with van der Waals surface area (Å²) in [6.45, 7) is 3.81. The van der Waals surface area contributed by atoms with E-state index in [4.69, 9.17) is 16.3 Å². The summed E-state index contributed by atoms with van der Waals surface area (Å²) in [6.07, 6.45) is 2.98. The molecule has 0 aliphatic carbocycles. The number of carbonyl (C=O) groups excluding carboxylic acids is 1. The second-order valence-corrected chi connectivity index (χ2v) is 8.51. The number of ketones is 1. The molecule has 1 saturated heterocycles. The highest BCUT2D eigenvalue weighted by atomic mass is 79.9. The quantitative estimate of drug-likeness (QED) is 0.610. The molecule has 5 heteroatoms. The van der Waals surface area contributed by atoms with Crippen LogP contribution in [0.4, 0.5) is 0 Å². The van der Waals surface area contributed by atoms with Gasteiger partial charge in [-0.15, -0.1) is 0 Å². The zero-order chi connectivity index (χ0) is 18.3. The largest absolute Gasteiger partial charge is 0.482 e. The van der Waals surface area contributed by atoms with E-state index in [2.05, 4.69) is 20.8 Å². The van der Waals surface area contributed by atoms with E-state index in [0.29, 0.717) is 16.3 Å². The van der Waals surface area contributed by atoms with Crippen LogP contribution in [0.25, 0.3) is 0 Å². The van der Waals surface area contributed by atoms with Crippen molar-refractivity contribution in [1.29, 1.82) is 0 Å². The molecule has 4 rings (SSSR count). The Morgan fingerprint density at radius 1 is 1.15 bits per heavy atom. The molecule has 1 fully saturated rings. The van der Waals surface area contributed by atoms with Gasteiger partial charge in [0.05, 0.1) is 5.56 Å². The number of hydrogen-bond donors (Lipinski definition) is 0. The Morgan fingerprint density at radius 3 is 2.62 bits per heavy atom. The van der Waals surface area contributed by atoms with Gasteiger partial charge in [-0.3, -0.25) is 9.69 Å². The molecule has 26 heavy (non-hydrogen) atoms. The van der Waals surface area contributed by atoms with Crippen molar-refractivity contribution >= 4 is 33.3 Å². The first-order valence-electron chi connectivity index (χ1n) is 9.02. The lowest BCUT2D eigenvalue weighted by atomic mass is 9.77. The zero-order valence-electron chi connectivity index (χ0n) is 14.7. The predicted molar refractivity (Wildman–Crippen MR) is 107 cm³/mol. The van der Waals surface area contributed by atoms with Crippen LogP contribution in [-0.2, 0) is 0 Å². The zero-order valence-corrected chi connectivity index (χ0v) is 17.0. The molecule has 2 aromatic rings. The topological polar surface area (TPSA) is 29.5 Å². The van der Waals surface area contributed by atoms with Crippen LogP contribution >= 0.6 is 27.5 Å². The lowest BCUT2D eigenvalue weighted by molar-refractivity contribution is -0.0154. The molecule has 0 aromatic heterocycles. The summed E-state index contributed by atoms with van der Waals surface area (Å²) in [5, 5.41) is 0.633. The maximum Gasteiger partial charge on any atom is 0.190 e.